The summed E-state index contributed by atoms with van der Waals surface area (Å²) in [4.78, 5) is 0. The number of benzene rings is 2. The summed E-state index contributed by atoms with van der Waals surface area (Å²) in [5.41, 5.74) is 2.45. The van der Waals surface area contributed by atoms with Gasteiger partial charge in [0.1, 0.15) is 0 Å². The number of unbranched alkanes of at least 4 members (excludes halogenated alkanes) is 5. The first kappa shape index (κ1) is 28.9. The monoisotopic (exact) mass is 544 g/mol. The second-order valence-electron chi connectivity index (χ2n) is 7.43. The zero-order valence-electron chi connectivity index (χ0n) is 17.8. The van der Waals surface area contributed by atoms with Crippen LogP contribution in [0.15, 0.2) is 48.5 Å². The van der Waals surface area contributed by atoms with Gasteiger partial charge in [-0.1, -0.05) is 62.1 Å². The highest BCUT2D eigenvalue weighted by atomic mass is 79.9. The zero-order valence-corrected chi connectivity index (χ0v) is 21.2. The lowest BCUT2D eigenvalue weighted by Gasteiger charge is -2.07. The lowest BCUT2D eigenvalue weighted by molar-refractivity contribution is 0.403. The molecule has 4 nitrogen and oxygen atoms in total. The fraction of sp³-hybridized carbons (Fsp3) is 0.500. The average Bonchev–Trinajstić information content (AvgIpc) is 2.71. The molecule has 0 aliphatic carbocycles. The van der Waals surface area contributed by atoms with E-state index in [4.69, 9.17) is 0 Å². The molecule has 0 aliphatic heterocycles. The second kappa shape index (κ2) is 18.7. The number of aromatic hydroxyl groups is 2. The predicted molar refractivity (Wildman–Crippen MR) is 138 cm³/mol. The van der Waals surface area contributed by atoms with Gasteiger partial charge in [0.25, 0.3) is 0 Å². The summed E-state index contributed by atoms with van der Waals surface area (Å²) in [6.45, 7) is 4.14. The van der Waals surface area contributed by atoms with Crippen molar-refractivity contribution in [2.45, 2.75) is 51.4 Å². The molecular weight excluding hydrogens is 508 g/mol. The first-order chi connectivity index (χ1) is 13.8. The number of hydrogen-bond acceptors (Lipinski definition) is 4. The number of phenols is 2. The van der Waals surface area contributed by atoms with E-state index in [1.807, 2.05) is 6.07 Å². The summed E-state index contributed by atoms with van der Waals surface area (Å²) in [6.07, 6.45) is 9.71. The molecule has 0 amide bonds. The van der Waals surface area contributed by atoms with Gasteiger partial charge in [-0.2, -0.15) is 0 Å². The van der Waals surface area contributed by atoms with E-state index in [0.29, 0.717) is 0 Å². The smallest absolute Gasteiger partial charge is 0.157 e. The molecule has 0 saturated heterocycles. The van der Waals surface area contributed by atoms with E-state index in [-0.39, 0.29) is 45.5 Å². The molecule has 0 atom stereocenters. The average molecular weight is 546 g/mol. The van der Waals surface area contributed by atoms with Crippen LogP contribution >= 0.6 is 34.0 Å². The Morgan fingerprint density at radius 2 is 1.07 bits per heavy atom. The van der Waals surface area contributed by atoms with Crippen molar-refractivity contribution in [2.75, 3.05) is 26.2 Å². The molecule has 30 heavy (non-hydrogen) atoms. The maximum absolute atomic E-state index is 9.48. The van der Waals surface area contributed by atoms with Crippen LogP contribution in [0.4, 0.5) is 0 Å². The van der Waals surface area contributed by atoms with Gasteiger partial charge in [-0.3, -0.25) is 0 Å². The minimum absolute atomic E-state index is 0. The topological polar surface area (TPSA) is 64.5 Å². The van der Waals surface area contributed by atoms with Gasteiger partial charge >= 0.3 is 0 Å². The molecule has 0 heterocycles. The minimum Gasteiger partial charge on any atom is -0.504 e. The maximum Gasteiger partial charge on any atom is 0.157 e. The van der Waals surface area contributed by atoms with Crippen molar-refractivity contribution in [2.24, 2.45) is 0 Å². The van der Waals surface area contributed by atoms with Crippen LogP contribution in [0, 0.1) is 0 Å². The molecule has 2 aromatic rings. The summed E-state index contributed by atoms with van der Waals surface area (Å²) in [7, 11) is 0. The highest BCUT2D eigenvalue weighted by Gasteiger charge is 2.00. The van der Waals surface area contributed by atoms with Crippen LogP contribution in [-0.4, -0.2) is 36.4 Å². The molecular formula is C24H38Br2N2O2. The molecule has 4 N–H and O–H groups in total. The Morgan fingerprint density at radius 3 is 1.63 bits per heavy atom. The summed E-state index contributed by atoms with van der Waals surface area (Å²) in [6, 6.07) is 15.7. The molecule has 2 rings (SSSR count). The highest BCUT2D eigenvalue weighted by Crippen LogP contribution is 2.24. The van der Waals surface area contributed by atoms with Crippen molar-refractivity contribution in [1.82, 2.24) is 10.6 Å². The van der Waals surface area contributed by atoms with Gasteiger partial charge in [-0.15, -0.1) is 34.0 Å². The molecule has 2 aromatic carbocycles. The molecule has 170 valence electrons. The summed E-state index contributed by atoms with van der Waals surface area (Å²) >= 11 is 0. The molecule has 0 radical (unpaired) electrons. The van der Waals surface area contributed by atoms with E-state index in [0.717, 1.165) is 44.6 Å². The van der Waals surface area contributed by atoms with Crippen molar-refractivity contribution < 1.29 is 10.2 Å². The number of nitrogens with one attached hydrogen (secondary N) is 2. The van der Waals surface area contributed by atoms with Crippen LogP contribution < -0.4 is 10.6 Å². The van der Waals surface area contributed by atoms with Crippen LogP contribution in [0.2, 0.25) is 0 Å². The van der Waals surface area contributed by atoms with Crippen molar-refractivity contribution in [3.8, 4) is 11.5 Å². The zero-order chi connectivity index (χ0) is 19.9. The fourth-order valence-electron chi connectivity index (χ4n) is 3.29. The van der Waals surface area contributed by atoms with Crippen molar-refractivity contribution >= 4 is 34.0 Å². The van der Waals surface area contributed by atoms with Crippen LogP contribution in [0.3, 0.4) is 0 Å². The van der Waals surface area contributed by atoms with Gasteiger partial charge in [-0.25, -0.2) is 0 Å². The Kier molecular flexibility index (Phi) is 18.0. The second-order valence-corrected chi connectivity index (χ2v) is 7.43. The molecule has 0 spiro atoms. The Hall–Kier alpha value is -1.08. The Morgan fingerprint density at radius 1 is 0.533 bits per heavy atom. The standard InChI is InChI=1S/C24H36N2O2.2BrH/c27-23-13-12-22(20-24(23)28)15-19-26-17-9-4-2-1-3-8-16-25-18-14-21-10-6-5-7-11-21;;/h5-7,10-13,20,25-28H,1-4,8-9,14-19H2;2*1H. The molecule has 6 heteroatoms. The normalized spacial score (nSPS) is 10.3. The molecule has 0 saturated carbocycles. The van der Waals surface area contributed by atoms with Gasteiger partial charge in [0.05, 0.1) is 0 Å². The SMILES string of the molecule is Br.Br.Oc1ccc(CCNCCCCCCCCNCCc2ccccc2)cc1O. The summed E-state index contributed by atoms with van der Waals surface area (Å²) < 4.78 is 0. The van der Waals surface area contributed by atoms with E-state index in [9.17, 15) is 10.2 Å². The largest absolute Gasteiger partial charge is 0.504 e. The van der Waals surface area contributed by atoms with Crippen LogP contribution in [0.5, 0.6) is 11.5 Å². The molecule has 0 unspecified atom stereocenters. The fourth-order valence-corrected chi connectivity index (χ4v) is 3.29. The Labute approximate surface area is 203 Å². The maximum atomic E-state index is 9.48. The number of rotatable bonds is 15. The van der Waals surface area contributed by atoms with Gasteiger partial charge in [0, 0.05) is 0 Å². The quantitative estimate of drug-likeness (QED) is 0.175. The van der Waals surface area contributed by atoms with Crippen molar-refractivity contribution in [3.05, 3.63) is 59.7 Å². The third kappa shape index (κ3) is 13.3. The van der Waals surface area contributed by atoms with E-state index in [1.54, 1.807) is 12.1 Å². The number of hydrogen-bond donors (Lipinski definition) is 4. The van der Waals surface area contributed by atoms with Gasteiger partial charge in [0.15, 0.2) is 11.5 Å². The Bertz CT molecular complexity index is 657. The first-order valence-corrected chi connectivity index (χ1v) is 10.7. The van der Waals surface area contributed by atoms with Crippen molar-refractivity contribution in [1.29, 1.82) is 0 Å². The van der Waals surface area contributed by atoms with Gasteiger partial charge in [0.2, 0.25) is 0 Å². The van der Waals surface area contributed by atoms with Crippen LogP contribution in [0.1, 0.15) is 49.7 Å². The van der Waals surface area contributed by atoms with Crippen molar-refractivity contribution in [3.63, 3.8) is 0 Å². The minimum atomic E-state index is -0.0559. The molecule has 0 fully saturated rings. The molecule has 0 bridgehead atoms. The van der Waals surface area contributed by atoms with E-state index in [2.05, 4.69) is 41.0 Å². The van der Waals surface area contributed by atoms with Gasteiger partial charge < -0.3 is 20.8 Å². The van der Waals surface area contributed by atoms with Gasteiger partial charge in [-0.05, 0) is 75.1 Å². The van der Waals surface area contributed by atoms with Crippen LogP contribution in [0.25, 0.3) is 0 Å². The third-order valence-corrected chi connectivity index (χ3v) is 5.02. The van der Waals surface area contributed by atoms with Crippen LogP contribution in [-0.2, 0) is 12.8 Å². The summed E-state index contributed by atoms with van der Waals surface area (Å²) in [5, 5.41) is 25.8. The van der Waals surface area contributed by atoms with E-state index in [1.165, 1.54) is 44.1 Å². The number of halogens is 2. The Balaban J connectivity index is 0.00000420. The molecule has 0 aliphatic rings. The lowest BCUT2D eigenvalue weighted by atomic mass is 10.1. The van der Waals surface area contributed by atoms with E-state index >= 15 is 0 Å². The molecule has 0 aromatic heterocycles. The third-order valence-electron chi connectivity index (χ3n) is 5.02. The first-order valence-electron chi connectivity index (χ1n) is 10.7. The van der Waals surface area contributed by atoms with E-state index < -0.39 is 0 Å². The predicted octanol–water partition coefficient (Wildman–Crippen LogP) is 5.56. The lowest BCUT2D eigenvalue weighted by Crippen LogP contribution is -2.18. The highest BCUT2D eigenvalue weighted by molar-refractivity contribution is 8.93. The summed E-state index contributed by atoms with van der Waals surface area (Å²) in [5.74, 6) is -0.0939. The number of phenolic OH excluding ortho intramolecular Hbond substituents is 2.